The topological polar surface area (TPSA) is 47.5 Å². The maximum absolute atomic E-state index is 4.97. The van der Waals surface area contributed by atoms with Gasteiger partial charge in [-0.25, -0.2) is 9.66 Å². The van der Waals surface area contributed by atoms with Crippen LogP contribution in [-0.4, -0.2) is 27.0 Å². The van der Waals surface area contributed by atoms with E-state index in [1.54, 1.807) is 30.9 Å². The lowest BCUT2D eigenvalue weighted by atomic mass is 10.0. The predicted molar refractivity (Wildman–Crippen MR) is 128 cm³/mol. The maximum Gasteiger partial charge on any atom is 0.205 e. The van der Waals surface area contributed by atoms with E-state index in [1.165, 1.54) is 10.8 Å². The first-order valence-corrected chi connectivity index (χ1v) is 10.9. The van der Waals surface area contributed by atoms with Crippen molar-refractivity contribution in [3.8, 4) is 16.9 Å². The van der Waals surface area contributed by atoms with E-state index in [4.69, 9.17) is 5.10 Å². The lowest BCUT2D eigenvalue weighted by Crippen LogP contribution is -2.14. The molecule has 0 amide bonds. The zero-order valence-electron chi connectivity index (χ0n) is 17.3. The van der Waals surface area contributed by atoms with Crippen LogP contribution in [0.1, 0.15) is 12.5 Å². The summed E-state index contributed by atoms with van der Waals surface area (Å²) in [4.78, 5) is 9.43. The number of nitrogens with zero attached hydrogens (tertiary/aromatic N) is 5. The van der Waals surface area contributed by atoms with Gasteiger partial charge in [-0.2, -0.15) is 5.10 Å². The van der Waals surface area contributed by atoms with Gasteiger partial charge in [0.1, 0.15) is 0 Å². The molecule has 6 heteroatoms. The van der Waals surface area contributed by atoms with Gasteiger partial charge >= 0.3 is 0 Å². The second kappa shape index (κ2) is 8.16. The van der Waals surface area contributed by atoms with Crippen molar-refractivity contribution in [2.24, 2.45) is 10.1 Å². The third kappa shape index (κ3) is 3.62. The number of hydrogen-bond acceptors (Lipinski definition) is 4. The molecule has 3 aromatic carbocycles. The quantitative estimate of drug-likeness (QED) is 0.359. The Hall–Kier alpha value is -3.77. The SMILES string of the molecule is CN=c1scc(-c2cccc3ccccc23)n1N=C(C)c1ccc(-n2ccnc2)cc1. The summed E-state index contributed by atoms with van der Waals surface area (Å²) in [5.41, 5.74) is 5.24. The minimum absolute atomic E-state index is 0.859. The Balaban J connectivity index is 1.59. The molecule has 0 saturated heterocycles. The molecule has 0 aliphatic heterocycles. The van der Waals surface area contributed by atoms with E-state index in [-0.39, 0.29) is 0 Å². The summed E-state index contributed by atoms with van der Waals surface area (Å²) in [7, 11) is 1.81. The minimum Gasteiger partial charge on any atom is -0.306 e. The Morgan fingerprint density at radius 2 is 1.77 bits per heavy atom. The molecule has 2 heterocycles. The Morgan fingerprint density at radius 1 is 0.968 bits per heavy atom. The molecule has 31 heavy (non-hydrogen) atoms. The molecule has 2 aromatic heterocycles. The zero-order valence-corrected chi connectivity index (χ0v) is 18.1. The monoisotopic (exact) mass is 423 g/mol. The van der Waals surface area contributed by atoms with E-state index < -0.39 is 0 Å². The van der Waals surface area contributed by atoms with Crippen LogP contribution in [0.5, 0.6) is 0 Å². The van der Waals surface area contributed by atoms with Gasteiger partial charge in [0.15, 0.2) is 0 Å². The van der Waals surface area contributed by atoms with Gasteiger partial charge < -0.3 is 4.57 Å². The van der Waals surface area contributed by atoms with Gasteiger partial charge in [0.05, 0.1) is 17.7 Å². The highest BCUT2D eigenvalue weighted by atomic mass is 32.1. The first kappa shape index (κ1) is 19.2. The van der Waals surface area contributed by atoms with Gasteiger partial charge in [0.25, 0.3) is 0 Å². The number of benzene rings is 3. The molecule has 0 saturated carbocycles. The number of fused-ring (bicyclic) bond motifs is 1. The molecule has 5 aromatic rings. The zero-order chi connectivity index (χ0) is 21.2. The maximum atomic E-state index is 4.97. The van der Waals surface area contributed by atoms with Crippen molar-refractivity contribution in [1.82, 2.24) is 14.2 Å². The van der Waals surface area contributed by atoms with Gasteiger partial charge in [-0.05, 0) is 35.4 Å². The first-order chi connectivity index (χ1) is 15.2. The largest absolute Gasteiger partial charge is 0.306 e. The second-order valence-corrected chi connectivity index (χ2v) is 8.00. The van der Waals surface area contributed by atoms with Gasteiger partial charge in [0.2, 0.25) is 4.80 Å². The summed E-state index contributed by atoms with van der Waals surface area (Å²) in [6, 6.07) is 23.1. The summed E-state index contributed by atoms with van der Waals surface area (Å²) in [6.07, 6.45) is 5.50. The highest BCUT2D eigenvalue weighted by Gasteiger charge is 2.11. The molecule has 0 unspecified atom stereocenters. The molecule has 0 N–H and O–H groups in total. The van der Waals surface area contributed by atoms with Crippen LogP contribution in [0.3, 0.4) is 0 Å². The number of imidazole rings is 1. The van der Waals surface area contributed by atoms with Crippen LogP contribution < -0.4 is 4.80 Å². The van der Waals surface area contributed by atoms with Gasteiger partial charge in [0, 0.05) is 36.1 Å². The molecular weight excluding hydrogens is 402 g/mol. The second-order valence-electron chi connectivity index (χ2n) is 7.17. The van der Waals surface area contributed by atoms with Crippen molar-refractivity contribution >= 4 is 27.8 Å². The van der Waals surface area contributed by atoms with E-state index in [1.807, 2.05) is 22.4 Å². The molecule has 0 aliphatic carbocycles. The highest BCUT2D eigenvalue weighted by molar-refractivity contribution is 7.07. The highest BCUT2D eigenvalue weighted by Crippen LogP contribution is 2.29. The molecular formula is C25H21N5S. The predicted octanol–water partition coefficient (Wildman–Crippen LogP) is 5.36. The summed E-state index contributed by atoms with van der Waals surface area (Å²) in [6.45, 7) is 2.03. The number of rotatable bonds is 4. The number of thiazole rings is 1. The fraction of sp³-hybridized carbons (Fsp3) is 0.0800. The van der Waals surface area contributed by atoms with Gasteiger partial charge in [-0.15, -0.1) is 11.3 Å². The third-order valence-electron chi connectivity index (χ3n) is 5.28. The fourth-order valence-electron chi connectivity index (χ4n) is 3.68. The van der Waals surface area contributed by atoms with Crippen molar-refractivity contribution in [3.05, 3.63) is 101 Å². The van der Waals surface area contributed by atoms with Crippen molar-refractivity contribution in [1.29, 1.82) is 0 Å². The van der Waals surface area contributed by atoms with E-state index in [2.05, 4.69) is 82.1 Å². The van der Waals surface area contributed by atoms with Crippen LogP contribution in [0.25, 0.3) is 27.7 Å². The van der Waals surface area contributed by atoms with Crippen LogP contribution >= 0.6 is 11.3 Å². The lowest BCUT2D eigenvalue weighted by Gasteiger charge is -2.09. The summed E-state index contributed by atoms with van der Waals surface area (Å²) in [5.74, 6) is 0. The average molecular weight is 424 g/mol. The molecule has 152 valence electrons. The molecule has 0 spiro atoms. The van der Waals surface area contributed by atoms with Crippen molar-refractivity contribution in [2.75, 3.05) is 7.05 Å². The minimum atomic E-state index is 0.859. The molecule has 0 bridgehead atoms. The van der Waals surface area contributed by atoms with Crippen LogP contribution in [0.4, 0.5) is 0 Å². The Kier molecular flexibility index (Phi) is 5.06. The van der Waals surface area contributed by atoms with E-state index in [0.717, 1.165) is 33.0 Å². The molecule has 0 radical (unpaired) electrons. The fourth-order valence-corrected chi connectivity index (χ4v) is 4.46. The third-order valence-corrected chi connectivity index (χ3v) is 6.19. The molecule has 0 fully saturated rings. The first-order valence-electron chi connectivity index (χ1n) is 10.0. The normalized spacial score (nSPS) is 12.6. The van der Waals surface area contributed by atoms with Crippen molar-refractivity contribution < 1.29 is 0 Å². The van der Waals surface area contributed by atoms with Gasteiger partial charge in [-0.1, -0.05) is 54.6 Å². The summed E-state index contributed by atoms with van der Waals surface area (Å²) in [5, 5.41) is 9.51. The summed E-state index contributed by atoms with van der Waals surface area (Å²) >= 11 is 1.60. The Labute approximate surface area is 184 Å². The van der Waals surface area contributed by atoms with E-state index >= 15 is 0 Å². The Bertz CT molecular complexity index is 1430. The van der Waals surface area contributed by atoms with Crippen LogP contribution in [0.15, 0.2) is 101 Å². The van der Waals surface area contributed by atoms with Crippen molar-refractivity contribution in [3.63, 3.8) is 0 Å². The van der Waals surface area contributed by atoms with Gasteiger partial charge in [-0.3, -0.25) is 4.99 Å². The van der Waals surface area contributed by atoms with E-state index in [9.17, 15) is 0 Å². The standard InChI is InChI=1S/C25H21N5S/c1-18(19-10-12-21(13-11-19)29-15-14-27-17-29)28-30-24(16-31-25(30)26-2)23-9-5-7-20-6-3-4-8-22(20)23/h3-17H,1-2H3. The number of hydrogen-bond donors (Lipinski definition) is 0. The molecule has 5 rings (SSSR count). The molecule has 5 nitrogen and oxygen atoms in total. The number of aromatic nitrogens is 3. The van der Waals surface area contributed by atoms with Crippen LogP contribution in [0, 0.1) is 0 Å². The molecule has 0 aliphatic rings. The van der Waals surface area contributed by atoms with Crippen LogP contribution in [0.2, 0.25) is 0 Å². The van der Waals surface area contributed by atoms with Crippen LogP contribution in [-0.2, 0) is 0 Å². The van der Waals surface area contributed by atoms with Crippen molar-refractivity contribution in [2.45, 2.75) is 6.92 Å². The van der Waals surface area contributed by atoms with E-state index in [0.29, 0.717) is 0 Å². The smallest absolute Gasteiger partial charge is 0.205 e. The summed E-state index contributed by atoms with van der Waals surface area (Å²) < 4.78 is 3.93. The lowest BCUT2D eigenvalue weighted by molar-refractivity contribution is 0.843. The average Bonchev–Trinajstić information content (AvgIpc) is 3.49. The molecule has 0 atom stereocenters. The Morgan fingerprint density at radius 3 is 2.55 bits per heavy atom.